The number of hydrogen-bond donors (Lipinski definition) is 1. The van der Waals surface area contributed by atoms with Crippen molar-refractivity contribution in [1.29, 1.82) is 0 Å². The molecule has 150 valence electrons. The summed E-state index contributed by atoms with van der Waals surface area (Å²) >= 11 is 0. The molecule has 1 fully saturated rings. The average Bonchev–Trinajstić information content (AvgIpc) is 2.98. The van der Waals surface area contributed by atoms with Crippen LogP contribution in [0.2, 0.25) is 0 Å². The Kier molecular flexibility index (Phi) is 6.35. The van der Waals surface area contributed by atoms with Crippen LogP contribution in [0.3, 0.4) is 0 Å². The second-order valence-corrected chi connectivity index (χ2v) is 7.84. The molecule has 2 aromatic rings. The van der Waals surface area contributed by atoms with Crippen LogP contribution in [0.5, 0.6) is 0 Å². The lowest BCUT2D eigenvalue weighted by Crippen LogP contribution is -2.48. The number of H-pyrrole nitrogens is 1. The number of rotatable bonds is 6. The highest BCUT2D eigenvalue weighted by molar-refractivity contribution is 6.02. The number of aromatic nitrogens is 1. The predicted octanol–water partition coefficient (Wildman–Crippen LogP) is 3.74. The van der Waals surface area contributed by atoms with Crippen molar-refractivity contribution in [3.63, 3.8) is 0 Å². The van der Waals surface area contributed by atoms with Crippen molar-refractivity contribution in [2.75, 3.05) is 26.2 Å². The van der Waals surface area contributed by atoms with Crippen LogP contribution >= 0.6 is 0 Å². The maximum Gasteiger partial charge on any atom is 0.270 e. The van der Waals surface area contributed by atoms with Gasteiger partial charge >= 0.3 is 0 Å². The Balaban J connectivity index is 1.68. The first-order valence-electron chi connectivity index (χ1n) is 10.2. The van der Waals surface area contributed by atoms with Gasteiger partial charge in [0, 0.05) is 44.0 Å². The lowest BCUT2D eigenvalue weighted by Gasteiger charge is -2.34. The zero-order chi connectivity index (χ0) is 20.3. The number of hydrogen-bond acceptors (Lipinski definition) is 3. The molecule has 3 rings (SSSR count). The summed E-state index contributed by atoms with van der Waals surface area (Å²) in [5.74, 6) is 0.0495. The fourth-order valence-electron chi connectivity index (χ4n) is 4.17. The number of amides is 1. The number of nitrogens with one attached hydrogen (secondary N) is 1. The highest BCUT2D eigenvalue weighted by atomic mass is 16.2. The van der Waals surface area contributed by atoms with Gasteiger partial charge < -0.3 is 9.88 Å². The molecular weight excluding hydrogens is 350 g/mol. The van der Waals surface area contributed by atoms with Crippen LogP contribution < -0.4 is 0 Å². The van der Waals surface area contributed by atoms with Crippen molar-refractivity contribution >= 4 is 11.7 Å². The van der Waals surface area contributed by atoms with E-state index in [0.29, 0.717) is 24.3 Å². The van der Waals surface area contributed by atoms with Gasteiger partial charge in [0.2, 0.25) is 0 Å². The van der Waals surface area contributed by atoms with Crippen LogP contribution in [0.4, 0.5) is 0 Å². The van der Waals surface area contributed by atoms with Crippen molar-refractivity contribution in [2.45, 2.75) is 47.1 Å². The van der Waals surface area contributed by atoms with Gasteiger partial charge in [-0.15, -0.1) is 0 Å². The molecule has 1 aliphatic heterocycles. The second kappa shape index (κ2) is 8.74. The predicted molar refractivity (Wildman–Crippen MR) is 112 cm³/mol. The van der Waals surface area contributed by atoms with E-state index < -0.39 is 0 Å². The first-order chi connectivity index (χ1) is 13.4. The molecule has 0 atom stereocenters. The minimum absolute atomic E-state index is 0.0225. The maximum absolute atomic E-state index is 13.2. The van der Waals surface area contributed by atoms with Gasteiger partial charge in [0.05, 0.1) is 0 Å². The summed E-state index contributed by atoms with van der Waals surface area (Å²) in [6.07, 6.45) is 1.65. The third kappa shape index (κ3) is 4.36. The van der Waals surface area contributed by atoms with Crippen LogP contribution in [0.1, 0.15) is 63.5 Å². The van der Waals surface area contributed by atoms with E-state index in [1.165, 1.54) is 11.1 Å². The van der Waals surface area contributed by atoms with E-state index in [2.05, 4.69) is 48.0 Å². The molecule has 0 bridgehead atoms. The molecule has 1 aromatic carbocycles. The number of aromatic amines is 1. The van der Waals surface area contributed by atoms with Crippen LogP contribution in [-0.4, -0.2) is 52.7 Å². The number of piperazine rings is 1. The molecular formula is C23H31N3O2. The lowest BCUT2D eigenvalue weighted by atomic mass is 10.0. The van der Waals surface area contributed by atoms with Gasteiger partial charge in [-0.3, -0.25) is 14.5 Å². The summed E-state index contributed by atoms with van der Waals surface area (Å²) < 4.78 is 0. The first kappa shape index (κ1) is 20.3. The van der Waals surface area contributed by atoms with Crippen LogP contribution in [0.15, 0.2) is 24.3 Å². The average molecular weight is 382 g/mol. The Morgan fingerprint density at radius 3 is 2.43 bits per heavy atom. The van der Waals surface area contributed by atoms with E-state index in [-0.39, 0.29) is 11.7 Å². The normalized spacial score (nSPS) is 15.1. The standard InChI is InChI=1S/C23H31N3O2/c1-5-7-20-21(18(4)27)17(3)24-22(20)23(28)26-12-10-25(11-13-26)15-19-9-6-8-16(2)14-19/h6,8-9,14,24H,5,7,10-13,15H2,1-4H3. The van der Waals surface area contributed by atoms with Crippen molar-refractivity contribution < 1.29 is 9.59 Å². The molecule has 0 spiro atoms. The number of carbonyl (C=O) groups is 2. The number of benzene rings is 1. The maximum atomic E-state index is 13.2. The number of ketones is 1. The summed E-state index contributed by atoms with van der Waals surface area (Å²) in [4.78, 5) is 32.7. The van der Waals surface area contributed by atoms with Gasteiger partial charge in [0.25, 0.3) is 5.91 Å². The largest absolute Gasteiger partial charge is 0.354 e. The smallest absolute Gasteiger partial charge is 0.270 e. The van der Waals surface area contributed by atoms with Gasteiger partial charge in [-0.2, -0.15) is 0 Å². The molecule has 0 saturated carbocycles. The number of nitrogens with zero attached hydrogens (tertiary/aromatic N) is 2. The Labute approximate surface area is 167 Å². The molecule has 1 saturated heterocycles. The summed E-state index contributed by atoms with van der Waals surface area (Å²) in [6, 6.07) is 8.59. The van der Waals surface area contributed by atoms with Gasteiger partial charge in [0.15, 0.2) is 5.78 Å². The van der Waals surface area contributed by atoms with E-state index in [1.807, 2.05) is 11.8 Å². The third-order valence-electron chi connectivity index (χ3n) is 5.51. The van der Waals surface area contributed by atoms with E-state index in [1.54, 1.807) is 6.92 Å². The molecule has 1 amide bonds. The summed E-state index contributed by atoms with van der Waals surface area (Å²) in [6.45, 7) is 11.7. The van der Waals surface area contributed by atoms with Crippen molar-refractivity contribution in [3.8, 4) is 0 Å². The second-order valence-electron chi connectivity index (χ2n) is 7.84. The minimum atomic E-state index is 0.0225. The summed E-state index contributed by atoms with van der Waals surface area (Å²) in [5, 5.41) is 0. The van der Waals surface area contributed by atoms with E-state index in [4.69, 9.17) is 0 Å². The van der Waals surface area contributed by atoms with Crippen molar-refractivity contribution in [3.05, 3.63) is 57.9 Å². The van der Waals surface area contributed by atoms with Crippen molar-refractivity contribution in [1.82, 2.24) is 14.8 Å². The monoisotopic (exact) mass is 381 g/mol. The molecule has 5 nitrogen and oxygen atoms in total. The van der Waals surface area contributed by atoms with Gasteiger partial charge in [-0.25, -0.2) is 0 Å². The lowest BCUT2D eigenvalue weighted by molar-refractivity contribution is 0.0622. The van der Waals surface area contributed by atoms with E-state index in [0.717, 1.165) is 43.7 Å². The third-order valence-corrected chi connectivity index (χ3v) is 5.51. The Morgan fingerprint density at radius 1 is 1.11 bits per heavy atom. The molecule has 1 aromatic heterocycles. The SMILES string of the molecule is CCCc1c(C(=O)N2CCN(Cc3cccc(C)c3)CC2)[nH]c(C)c1C(C)=O. The van der Waals surface area contributed by atoms with Crippen LogP contribution in [-0.2, 0) is 13.0 Å². The van der Waals surface area contributed by atoms with Gasteiger partial charge in [0.1, 0.15) is 5.69 Å². The van der Waals surface area contributed by atoms with Crippen molar-refractivity contribution in [2.24, 2.45) is 0 Å². The number of Topliss-reactive ketones (excluding diaryl/α,β-unsaturated/α-hetero) is 1. The quantitative estimate of drug-likeness (QED) is 0.776. The summed E-state index contributed by atoms with van der Waals surface area (Å²) in [5.41, 5.74) is 5.59. The fourth-order valence-corrected chi connectivity index (χ4v) is 4.17. The van der Waals surface area contributed by atoms with E-state index >= 15 is 0 Å². The Hall–Kier alpha value is -2.40. The fraction of sp³-hybridized carbons (Fsp3) is 0.478. The molecule has 5 heteroatoms. The van der Waals surface area contributed by atoms with Gasteiger partial charge in [-0.05, 0) is 38.3 Å². The molecule has 0 unspecified atom stereocenters. The van der Waals surface area contributed by atoms with E-state index in [9.17, 15) is 9.59 Å². The van der Waals surface area contributed by atoms with Crippen LogP contribution in [0, 0.1) is 13.8 Å². The summed E-state index contributed by atoms with van der Waals surface area (Å²) in [7, 11) is 0. The molecule has 0 aliphatic carbocycles. The van der Waals surface area contributed by atoms with Gasteiger partial charge in [-0.1, -0.05) is 43.2 Å². The minimum Gasteiger partial charge on any atom is -0.354 e. The molecule has 1 N–H and O–H groups in total. The molecule has 0 radical (unpaired) electrons. The Morgan fingerprint density at radius 2 is 1.82 bits per heavy atom. The Bertz CT molecular complexity index is 861. The zero-order valence-corrected chi connectivity index (χ0v) is 17.5. The first-order valence-corrected chi connectivity index (χ1v) is 10.2. The number of carbonyl (C=O) groups excluding carboxylic acids is 2. The molecule has 28 heavy (non-hydrogen) atoms. The molecule has 1 aliphatic rings. The topological polar surface area (TPSA) is 56.4 Å². The molecule has 2 heterocycles. The highest BCUT2D eigenvalue weighted by Crippen LogP contribution is 2.23. The zero-order valence-electron chi connectivity index (χ0n) is 17.5. The van der Waals surface area contributed by atoms with Crippen LogP contribution in [0.25, 0.3) is 0 Å². The number of aryl methyl sites for hydroxylation is 2. The highest BCUT2D eigenvalue weighted by Gasteiger charge is 2.28.